The Morgan fingerprint density at radius 1 is 0.957 bits per heavy atom. The van der Waals surface area contributed by atoms with Crippen molar-refractivity contribution in [1.82, 2.24) is 15.1 Å². The van der Waals surface area contributed by atoms with Crippen LogP contribution in [0.4, 0.5) is 13.2 Å². The first-order valence-electron chi connectivity index (χ1n) is 15.0. The zero-order valence-electron chi connectivity index (χ0n) is 25.3. The minimum absolute atomic E-state index is 0.00288. The van der Waals surface area contributed by atoms with Crippen LogP contribution in [0.15, 0.2) is 91.0 Å². The maximum atomic E-state index is 14.1. The van der Waals surface area contributed by atoms with Gasteiger partial charge in [-0.25, -0.2) is 4.68 Å². The molecule has 0 fully saturated rings. The van der Waals surface area contributed by atoms with Crippen molar-refractivity contribution in [3.8, 4) is 5.69 Å². The first-order chi connectivity index (χ1) is 22.0. The molecule has 6 nitrogen and oxygen atoms in total. The Balaban J connectivity index is 1.73. The second kappa shape index (κ2) is 13.8. The van der Waals surface area contributed by atoms with Gasteiger partial charge in [-0.15, -0.1) is 0 Å². The first kappa shape index (κ1) is 32.8. The van der Waals surface area contributed by atoms with Crippen LogP contribution in [0, 0.1) is 6.92 Å². The molecule has 5 rings (SSSR count). The number of aliphatic carboxylic acids is 1. The maximum absolute atomic E-state index is 14.1. The summed E-state index contributed by atoms with van der Waals surface area (Å²) in [7, 11) is 0. The van der Waals surface area contributed by atoms with Gasteiger partial charge in [-0.05, 0) is 66.8 Å². The molecular weight excluding hydrogens is 615 g/mol. The van der Waals surface area contributed by atoms with Gasteiger partial charge in [-0.3, -0.25) is 9.59 Å². The van der Waals surface area contributed by atoms with E-state index >= 15 is 0 Å². The van der Waals surface area contributed by atoms with Crippen LogP contribution in [0.3, 0.4) is 0 Å². The Kier molecular flexibility index (Phi) is 9.82. The van der Waals surface area contributed by atoms with E-state index in [1.807, 2.05) is 73.7 Å². The Morgan fingerprint density at radius 3 is 2.22 bits per heavy atom. The summed E-state index contributed by atoms with van der Waals surface area (Å²) in [5.74, 6) is -2.09. The minimum atomic E-state index is -4.62. The van der Waals surface area contributed by atoms with Crippen LogP contribution in [0.2, 0.25) is 5.02 Å². The summed E-state index contributed by atoms with van der Waals surface area (Å²) in [6.07, 6.45) is -3.36. The van der Waals surface area contributed by atoms with Gasteiger partial charge in [0.15, 0.2) is 0 Å². The van der Waals surface area contributed by atoms with Crippen molar-refractivity contribution in [2.75, 3.05) is 6.54 Å². The molecule has 238 valence electrons. The Labute approximate surface area is 269 Å². The number of nitrogens with one attached hydrogen (secondary N) is 1. The van der Waals surface area contributed by atoms with Gasteiger partial charge in [0, 0.05) is 23.4 Å². The lowest BCUT2D eigenvalue weighted by atomic mass is 9.76. The number of carboxylic acids is 1. The molecule has 0 spiro atoms. The van der Waals surface area contributed by atoms with Crippen LogP contribution >= 0.6 is 11.6 Å². The van der Waals surface area contributed by atoms with Crippen LogP contribution in [0.25, 0.3) is 16.6 Å². The fourth-order valence-corrected chi connectivity index (χ4v) is 6.11. The van der Waals surface area contributed by atoms with Gasteiger partial charge < -0.3 is 10.4 Å². The third-order valence-electron chi connectivity index (χ3n) is 8.05. The van der Waals surface area contributed by atoms with E-state index in [1.165, 1.54) is 0 Å². The Hall–Kier alpha value is -4.63. The largest absolute Gasteiger partial charge is 0.481 e. The maximum Gasteiger partial charge on any atom is 0.416 e. The van der Waals surface area contributed by atoms with Gasteiger partial charge >= 0.3 is 12.1 Å². The van der Waals surface area contributed by atoms with Gasteiger partial charge in [-0.1, -0.05) is 85.1 Å². The lowest BCUT2D eigenvalue weighted by Gasteiger charge is -2.30. The lowest BCUT2D eigenvalue weighted by molar-refractivity contribution is -0.138. The van der Waals surface area contributed by atoms with Crippen LogP contribution in [0.1, 0.15) is 76.3 Å². The molecule has 5 aromatic rings. The zero-order chi connectivity index (χ0) is 33.0. The van der Waals surface area contributed by atoms with E-state index in [0.717, 1.165) is 35.2 Å². The molecule has 0 aliphatic heterocycles. The molecule has 1 aromatic heterocycles. The van der Waals surface area contributed by atoms with E-state index < -0.39 is 29.5 Å². The topological polar surface area (TPSA) is 84.2 Å². The predicted molar refractivity (Wildman–Crippen MR) is 173 cm³/mol. The van der Waals surface area contributed by atoms with Gasteiger partial charge in [0.2, 0.25) is 0 Å². The van der Waals surface area contributed by atoms with Crippen LogP contribution in [-0.2, 0) is 11.0 Å². The number of carbonyl (C=O) groups excluding carboxylic acids is 1. The summed E-state index contributed by atoms with van der Waals surface area (Å²) in [5, 5.41) is 16.5. The number of fused-ring (bicyclic) bond motifs is 1. The van der Waals surface area contributed by atoms with Crippen molar-refractivity contribution in [3.63, 3.8) is 0 Å². The number of hydrogen-bond donors (Lipinski definition) is 2. The third kappa shape index (κ3) is 7.10. The molecule has 2 N–H and O–H groups in total. The average Bonchev–Trinajstić information content (AvgIpc) is 3.41. The summed E-state index contributed by atoms with van der Waals surface area (Å²) >= 11 is 6.52. The van der Waals surface area contributed by atoms with E-state index in [-0.39, 0.29) is 29.4 Å². The fourth-order valence-electron chi connectivity index (χ4n) is 5.85. The number of benzene rings is 4. The minimum Gasteiger partial charge on any atom is -0.481 e. The molecule has 0 aliphatic rings. The second-order valence-electron chi connectivity index (χ2n) is 11.3. The highest BCUT2D eigenvalue weighted by molar-refractivity contribution is 6.35. The van der Waals surface area contributed by atoms with Gasteiger partial charge in [-0.2, -0.15) is 18.3 Å². The number of para-hydroxylation sites is 1. The highest BCUT2D eigenvalue weighted by Crippen LogP contribution is 2.46. The van der Waals surface area contributed by atoms with Crippen molar-refractivity contribution in [2.45, 2.75) is 51.1 Å². The Morgan fingerprint density at radius 2 is 1.61 bits per heavy atom. The van der Waals surface area contributed by atoms with Crippen LogP contribution in [-0.4, -0.2) is 33.3 Å². The first-order valence-corrected chi connectivity index (χ1v) is 15.4. The van der Waals surface area contributed by atoms with Gasteiger partial charge in [0.05, 0.1) is 28.4 Å². The van der Waals surface area contributed by atoms with E-state index in [4.69, 9.17) is 21.8 Å². The molecule has 2 unspecified atom stereocenters. The lowest BCUT2D eigenvalue weighted by Crippen LogP contribution is -2.26. The molecule has 1 amide bonds. The Bertz CT molecular complexity index is 1840. The van der Waals surface area contributed by atoms with Crippen molar-refractivity contribution in [1.29, 1.82) is 0 Å². The number of halogens is 4. The number of aryl methyl sites for hydroxylation is 1. The summed E-state index contributed by atoms with van der Waals surface area (Å²) in [6.45, 7) is 4.03. The van der Waals surface area contributed by atoms with E-state index in [2.05, 4.69) is 12.2 Å². The summed E-state index contributed by atoms with van der Waals surface area (Å²) in [6, 6.07) is 26.3. The molecule has 46 heavy (non-hydrogen) atoms. The fraction of sp³-hybridized carbons (Fsp3) is 0.250. The van der Waals surface area contributed by atoms with E-state index in [1.54, 1.807) is 16.8 Å². The number of carboxylic acid groups (broad SMARTS) is 1. The van der Waals surface area contributed by atoms with Crippen LogP contribution in [0.5, 0.6) is 0 Å². The smallest absolute Gasteiger partial charge is 0.416 e. The van der Waals surface area contributed by atoms with E-state index in [0.29, 0.717) is 28.8 Å². The highest BCUT2D eigenvalue weighted by atomic mass is 35.5. The molecule has 0 saturated carbocycles. The van der Waals surface area contributed by atoms with Crippen molar-refractivity contribution in [2.24, 2.45) is 0 Å². The molecule has 10 heteroatoms. The standard InChI is InChI=1S/C36H33ClF3N3O3/c1-3-7-28(23-14-16-25(17-15-23)35(46)41-19-18-31(44)45)32(24-12-10-22(2)11-13-24)34-29-20-26(36(38,39)40)21-30(37)33(29)42-43(34)27-8-5-4-6-9-27/h4-6,8-17,20-21,28,32H,3,7,18-19H2,1-2H3,(H,41,46)(H,44,45). The molecule has 1 heterocycles. The highest BCUT2D eigenvalue weighted by Gasteiger charge is 2.36. The average molecular weight is 648 g/mol. The van der Waals surface area contributed by atoms with Crippen molar-refractivity contribution in [3.05, 3.63) is 130 Å². The van der Waals surface area contributed by atoms with E-state index in [9.17, 15) is 22.8 Å². The SMILES string of the molecule is CCCC(c1ccc(C(=O)NCCC(=O)O)cc1)C(c1ccc(C)cc1)c1c2cc(C(F)(F)F)cc(Cl)c2nn1-c1ccccc1. The molecule has 0 aliphatic carbocycles. The normalized spacial score (nSPS) is 13.0. The third-order valence-corrected chi connectivity index (χ3v) is 8.34. The predicted octanol–water partition coefficient (Wildman–Crippen LogP) is 8.93. The number of rotatable bonds is 11. The number of hydrogen-bond acceptors (Lipinski definition) is 3. The number of alkyl halides is 3. The molecule has 2 atom stereocenters. The molecule has 0 bridgehead atoms. The summed E-state index contributed by atoms with van der Waals surface area (Å²) in [5.41, 5.74) is 3.87. The molecule has 0 saturated heterocycles. The quantitative estimate of drug-likeness (QED) is 0.150. The number of aromatic nitrogens is 2. The zero-order valence-corrected chi connectivity index (χ0v) is 26.1. The summed E-state index contributed by atoms with van der Waals surface area (Å²) in [4.78, 5) is 23.5. The monoisotopic (exact) mass is 647 g/mol. The number of nitrogens with zero attached hydrogens (tertiary/aromatic N) is 2. The van der Waals surface area contributed by atoms with Gasteiger partial charge in [0.25, 0.3) is 5.91 Å². The number of carbonyl (C=O) groups is 2. The van der Waals surface area contributed by atoms with Crippen LogP contribution < -0.4 is 5.32 Å². The number of amides is 1. The molecular formula is C36H33ClF3N3O3. The van der Waals surface area contributed by atoms with Crippen molar-refractivity contribution >= 4 is 34.4 Å². The molecule has 0 radical (unpaired) electrons. The summed E-state index contributed by atoms with van der Waals surface area (Å²) < 4.78 is 44.1. The second-order valence-corrected chi connectivity index (χ2v) is 11.7. The molecule has 4 aromatic carbocycles. The van der Waals surface area contributed by atoms with Crippen molar-refractivity contribution < 1.29 is 27.9 Å². The van der Waals surface area contributed by atoms with Gasteiger partial charge in [0.1, 0.15) is 5.52 Å².